The summed E-state index contributed by atoms with van der Waals surface area (Å²) in [5.74, 6) is 0.430. The summed E-state index contributed by atoms with van der Waals surface area (Å²) in [5.41, 5.74) is 7.41. The predicted molar refractivity (Wildman–Crippen MR) is 229 cm³/mol. The van der Waals surface area contributed by atoms with E-state index in [1.54, 1.807) is 36.0 Å². The van der Waals surface area contributed by atoms with Crippen molar-refractivity contribution in [2.75, 3.05) is 5.75 Å². The van der Waals surface area contributed by atoms with Gasteiger partial charge in [0.25, 0.3) is 0 Å². The average Bonchev–Trinajstić information content (AvgIpc) is 3.26. The number of carbonyl (C=O) groups is 1. The van der Waals surface area contributed by atoms with E-state index in [1.807, 2.05) is 128 Å². The van der Waals surface area contributed by atoms with Crippen molar-refractivity contribution in [3.05, 3.63) is 191 Å². The van der Waals surface area contributed by atoms with Crippen molar-refractivity contribution in [3.8, 4) is 11.1 Å². The third-order valence-corrected chi connectivity index (χ3v) is 13.0. The summed E-state index contributed by atoms with van der Waals surface area (Å²) in [6.45, 7) is 4.26. The Morgan fingerprint density at radius 2 is 1.38 bits per heavy atom. The Bertz CT molecular complexity index is 2360. The molecule has 0 aliphatic carbocycles. The van der Waals surface area contributed by atoms with Gasteiger partial charge in [0.1, 0.15) is 6.04 Å². The maximum atomic E-state index is 13.7. The van der Waals surface area contributed by atoms with Crippen LogP contribution in [0, 0.1) is 12.8 Å². The molecule has 58 heavy (non-hydrogen) atoms. The van der Waals surface area contributed by atoms with E-state index in [4.69, 9.17) is 9.47 Å². The third-order valence-electron chi connectivity index (χ3n) is 10.4. The predicted octanol–water partition coefficient (Wildman–Crippen LogP) is 8.94. The van der Waals surface area contributed by atoms with Crippen LogP contribution in [-0.4, -0.2) is 37.3 Å². The lowest BCUT2D eigenvalue weighted by atomic mass is 9.91. The molecule has 1 fully saturated rings. The van der Waals surface area contributed by atoms with Gasteiger partial charge in [-0.05, 0) is 77.1 Å². The van der Waals surface area contributed by atoms with Gasteiger partial charge in [0.15, 0.2) is 6.29 Å². The zero-order chi connectivity index (χ0) is 40.5. The van der Waals surface area contributed by atoms with Crippen LogP contribution in [0.3, 0.4) is 0 Å². The van der Waals surface area contributed by atoms with Crippen LogP contribution in [0.4, 0.5) is 0 Å². The topological polar surface area (TPSA) is 114 Å². The summed E-state index contributed by atoms with van der Waals surface area (Å²) in [7, 11) is -3.96. The Kier molecular flexibility index (Phi) is 13.6. The van der Waals surface area contributed by atoms with Crippen molar-refractivity contribution in [1.82, 2.24) is 10.0 Å². The van der Waals surface area contributed by atoms with Gasteiger partial charge in [-0.25, -0.2) is 8.42 Å². The van der Waals surface area contributed by atoms with Gasteiger partial charge >= 0.3 is 0 Å². The zero-order valence-electron chi connectivity index (χ0n) is 32.5. The van der Waals surface area contributed by atoms with Gasteiger partial charge < -0.3 is 19.9 Å². The van der Waals surface area contributed by atoms with Gasteiger partial charge in [-0.3, -0.25) is 4.79 Å². The number of benzene rings is 6. The minimum Gasteiger partial charge on any atom is -0.392 e. The largest absolute Gasteiger partial charge is 0.392 e. The molecule has 5 atom stereocenters. The Balaban J connectivity index is 1.04. The lowest BCUT2D eigenvalue weighted by Crippen LogP contribution is -2.47. The highest BCUT2D eigenvalue weighted by molar-refractivity contribution is 7.99. The van der Waals surface area contributed by atoms with E-state index in [1.165, 1.54) is 4.90 Å². The standard InChI is InChI=1S/C48H48N2O6S2/c1-33-16-26-43(27-17-33)58(53,54)50-44(29-35-10-5-3-6-11-35)47(52)49-30-37-12-9-13-41(28-37)38-22-24-40(25-23-38)48-55-45(32-57-42-14-7-4-8-15-42)34(2)46(56-48)39-20-18-36(31-51)19-21-39/h3-28,34,44-46,48,50-51H,29-32H2,1-2H3,(H,49,52)/t34-,44+,45+,46+,48+/m0/s1. The van der Waals surface area contributed by atoms with Gasteiger partial charge in [-0.15, -0.1) is 11.8 Å². The fourth-order valence-electron chi connectivity index (χ4n) is 7.02. The number of ether oxygens (including phenoxy) is 2. The van der Waals surface area contributed by atoms with Crippen molar-refractivity contribution in [1.29, 1.82) is 0 Å². The number of hydrogen-bond acceptors (Lipinski definition) is 7. The molecule has 6 aromatic carbocycles. The molecule has 298 valence electrons. The highest BCUT2D eigenvalue weighted by atomic mass is 32.2. The number of rotatable bonds is 15. The highest BCUT2D eigenvalue weighted by Crippen LogP contribution is 2.43. The highest BCUT2D eigenvalue weighted by Gasteiger charge is 2.38. The lowest BCUT2D eigenvalue weighted by molar-refractivity contribution is -0.268. The number of aryl methyl sites for hydroxylation is 1. The smallest absolute Gasteiger partial charge is 0.241 e. The number of nitrogens with one attached hydrogen (secondary N) is 2. The average molecular weight is 813 g/mol. The Morgan fingerprint density at radius 3 is 2.07 bits per heavy atom. The molecule has 1 aliphatic rings. The molecule has 1 amide bonds. The van der Waals surface area contributed by atoms with Crippen LogP contribution >= 0.6 is 11.8 Å². The first-order chi connectivity index (χ1) is 28.1. The van der Waals surface area contributed by atoms with Crippen LogP contribution < -0.4 is 10.0 Å². The Morgan fingerprint density at radius 1 is 0.724 bits per heavy atom. The summed E-state index contributed by atoms with van der Waals surface area (Å²) >= 11 is 1.77. The Hall–Kier alpha value is -5.07. The SMILES string of the molecule is Cc1ccc(S(=O)(=O)N[C@H](Cc2ccccc2)C(=O)NCc2cccc(-c3ccc([C@@H]4O[C@H](CSc5ccccc5)[C@H](C)[C@H](c5ccc(CO)cc5)O4)cc3)c2)cc1. The summed E-state index contributed by atoms with van der Waals surface area (Å²) in [6.07, 6.45) is -0.670. The molecule has 0 saturated carbocycles. The third kappa shape index (κ3) is 10.5. The first-order valence-corrected chi connectivity index (χ1v) is 21.9. The van der Waals surface area contributed by atoms with E-state index >= 15 is 0 Å². The summed E-state index contributed by atoms with van der Waals surface area (Å²) in [4.78, 5) is 14.9. The Labute approximate surface area is 345 Å². The number of hydrogen-bond donors (Lipinski definition) is 3. The second-order valence-electron chi connectivity index (χ2n) is 14.7. The van der Waals surface area contributed by atoms with Gasteiger partial charge in [-0.1, -0.05) is 140 Å². The molecule has 1 aliphatic heterocycles. The number of carbonyl (C=O) groups excluding carboxylic acids is 1. The second-order valence-corrected chi connectivity index (χ2v) is 17.5. The molecular formula is C48H48N2O6S2. The normalized spacial score (nSPS) is 18.7. The number of thioether (sulfide) groups is 1. The molecule has 3 N–H and O–H groups in total. The molecule has 1 saturated heterocycles. The fourth-order valence-corrected chi connectivity index (χ4v) is 9.31. The van der Waals surface area contributed by atoms with Crippen LogP contribution in [0.25, 0.3) is 11.1 Å². The molecular weight excluding hydrogens is 765 g/mol. The molecule has 8 nitrogen and oxygen atoms in total. The molecule has 0 bridgehead atoms. The van der Waals surface area contributed by atoms with Crippen LogP contribution in [0.5, 0.6) is 0 Å². The summed E-state index contributed by atoms with van der Waals surface area (Å²) in [6, 6.07) is 49.3. The van der Waals surface area contributed by atoms with E-state index in [-0.39, 0.29) is 42.6 Å². The van der Waals surface area contributed by atoms with E-state index in [2.05, 4.69) is 29.1 Å². The van der Waals surface area contributed by atoms with Crippen LogP contribution in [0.1, 0.15) is 52.7 Å². The molecule has 0 spiro atoms. The van der Waals surface area contributed by atoms with Gasteiger partial charge in [0.05, 0.1) is 23.7 Å². The van der Waals surface area contributed by atoms with Crippen LogP contribution in [-0.2, 0) is 43.9 Å². The van der Waals surface area contributed by atoms with E-state index in [0.29, 0.717) is 0 Å². The molecule has 0 radical (unpaired) electrons. The number of sulfonamides is 1. The first kappa shape index (κ1) is 41.1. The van der Waals surface area contributed by atoms with E-state index in [9.17, 15) is 18.3 Å². The van der Waals surface area contributed by atoms with Gasteiger partial charge in [-0.2, -0.15) is 4.72 Å². The molecule has 0 unspecified atom stereocenters. The fraction of sp³-hybridized carbons (Fsp3) is 0.229. The maximum absolute atomic E-state index is 13.7. The molecule has 0 aromatic heterocycles. The summed E-state index contributed by atoms with van der Waals surface area (Å²) in [5, 5.41) is 12.6. The number of aliphatic hydroxyl groups is 1. The van der Waals surface area contributed by atoms with Crippen LogP contribution in [0.2, 0.25) is 0 Å². The van der Waals surface area contributed by atoms with Crippen molar-refractivity contribution >= 4 is 27.7 Å². The van der Waals surface area contributed by atoms with Crippen molar-refractivity contribution in [2.45, 2.75) is 67.8 Å². The van der Waals surface area contributed by atoms with E-state index < -0.39 is 28.3 Å². The second kappa shape index (κ2) is 19.1. The quantitative estimate of drug-likeness (QED) is 0.0888. The first-order valence-electron chi connectivity index (χ1n) is 19.4. The number of aliphatic hydroxyl groups excluding tert-OH is 1. The van der Waals surface area contributed by atoms with Crippen molar-refractivity contribution in [3.63, 3.8) is 0 Å². The van der Waals surface area contributed by atoms with Gasteiger partial charge in [0, 0.05) is 28.7 Å². The molecule has 6 aromatic rings. The van der Waals surface area contributed by atoms with Crippen molar-refractivity contribution in [2.24, 2.45) is 5.92 Å². The number of amides is 1. The zero-order valence-corrected chi connectivity index (χ0v) is 34.2. The molecule has 1 heterocycles. The monoisotopic (exact) mass is 812 g/mol. The lowest BCUT2D eigenvalue weighted by Gasteiger charge is -2.41. The minimum absolute atomic E-state index is 0.0125. The van der Waals surface area contributed by atoms with Gasteiger partial charge in [0.2, 0.25) is 15.9 Å². The summed E-state index contributed by atoms with van der Waals surface area (Å²) < 4.78 is 42.7. The van der Waals surface area contributed by atoms with E-state index in [0.717, 1.165) is 50.3 Å². The van der Waals surface area contributed by atoms with Crippen LogP contribution in [0.15, 0.2) is 168 Å². The molecule has 7 rings (SSSR count). The maximum Gasteiger partial charge on any atom is 0.241 e. The molecule has 10 heteroatoms. The minimum atomic E-state index is -3.96. The van der Waals surface area contributed by atoms with Crippen molar-refractivity contribution < 1.29 is 27.8 Å².